The molecule has 1 heterocycles. The average Bonchev–Trinajstić information content (AvgIpc) is 3.17. The van der Waals surface area contributed by atoms with Gasteiger partial charge in [-0.05, 0) is 41.5 Å². The Morgan fingerprint density at radius 3 is 2.38 bits per heavy atom. The summed E-state index contributed by atoms with van der Waals surface area (Å²) in [7, 11) is 2.80. The van der Waals surface area contributed by atoms with Gasteiger partial charge in [0.1, 0.15) is 10.9 Å². The van der Waals surface area contributed by atoms with Crippen molar-refractivity contribution in [2.75, 3.05) is 14.2 Å². The fourth-order valence-electron chi connectivity index (χ4n) is 3.70. The van der Waals surface area contributed by atoms with Crippen LogP contribution in [0, 0.1) is 0 Å². The van der Waals surface area contributed by atoms with E-state index in [2.05, 4.69) is 0 Å². The van der Waals surface area contributed by atoms with Crippen LogP contribution >= 0.6 is 47.2 Å². The zero-order chi connectivity index (χ0) is 26.5. The van der Waals surface area contributed by atoms with E-state index in [1.165, 1.54) is 19.1 Å². The highest BCUT2D eigenvalue weighted by Crippen LogP contribution is 2.39. The number of halogens is 2. The Labute approximate surface area is 234 Å². The molecule has 0 bridgehead atoms. The molecule has 10 heteroatoms. The number of ether oxygens (including phenoxy) is 3. The van der Waals surface area contributed by atoms with Gasteiger partial charge in [0.2, 0.25) is 0 Å². The SMILES string of the molecule is COC(=O)C(c1ccccc1)N1C(=O)/C(=C/c2ccc(OCc3c(Cl)cccc3Cl)c(OC)c2)SC1=S. The number of nitrogens with zero attached hydrogens (tertiary/aromatic N) is 1. The number of benzene rings is 3. The van der Waals surface area contributed by atoms with Gasteiger partial charge in [0.25, 0.3) is 5.91 Å². The first-order valence-electron chi connectivity index (χ1n) is 11.0. The fourth-order valence-corrected chi connectivity index (χ4v) is 5.52. The Bertz CT molecular complexity index is 1360. The third-order valence-corrected chi connectivity index (χ3v) is 7.58. The van der Waals surface area contributed by atoms with Gasteiger partial charge in [0, 0.05) is 15.6 Å². The van der Waals surface area contributed by atoms with Crippen molar-refractivity contribution in [2.45, 2.75) is 12.6 Å². The molecule has 1 atom stereocenters. The van der Waals surface area contributed by atoms with Crippen LogP contribution in [-0.2, 0) is 20.9 Å². The molecule has 1 aliphatic rings. The highest BCUT2D eigenvalue weighted by molar-refractivity contribution is 8.26. The molecule has 0 radical (unpaired) electrons. The van der Waals surface area contributed by atoms with Crippen LogP contribution in [0.4, 0.5) is 0 Å². The van der Waals surface area contributed by atoms with Gasteiger partial charge < -0.3 is 14.2 Å². The van der Waals surface area contributed by atoms with E-state index in [0.717, 1.165) is 11.8 Å². The van der Waals surface area contributed by atoms with E-state index in [1.807, 2.05) is 6.07 Å². The maximum atomic E-state index is 13.4. The van der Waals surface area contributed by atoms with E-state index < -0.39 is 12.0 Å². The summed E-state index contributed by atoms with van der Waals surface area (Å²) in [5.41, 5.74) is 1.96. The van der Waals surface area contributed by atoms with Crippen LogP contribution in [0.1, 0.15) is 22.7 Å². The van der Waals surface area contributed by atoms with Gasteiger partial charge in [0.05, 0.1) is 19.1 Å². The zero-order valence-electron chi connectivity index (χ0n) is 19.8. The number of esters is 1. The van der Waals surface area contributed by atoms with Crippen molar-refractivity contribution >= 4 is 69.5 Å². The van der Waals surface area contributed by atoms with Crippen molar-refractivity contribution in [2.24, 2.45) is 0 Å². The largest absolute Gasteiger partial charge is 0.493 e. The number of rotatable bonds is 8. The summed E-state index contributed by atoms with van der Waals surface area (Å²) in [6.45, 7) is 0.154. The minimum absolute atomic E-state index is 0.154. The minimum Gasteiger partial charge on any atom is -0.493 e. The number of thioether (sulfide) groups is 1. The van der Waals surface area contributed by atoms with Crippen LogP contribution in [0.2, 0.25) is 10.0 Å². The second-order valence-corrected chi connectivity index (χ2v) is 10.3. The number of amides is 1. The lowest BCUT2D eigenvalue weighted by atomic mass is 10.1. The predicted molar refractivity (Wildman–Crippen MR) is 150 cm³/mol. The molecule has 0 saturated carbocycles. The van der Waals surface area contributed by atoms with Crippen LogP contribution in [0.3, 0.4) is 0 Å². The second-order valence-electron chi connectivity index (χ2n) is 7.79. The summed E-state index contributed by atoms with van der Waals surface area (Å²) in [5, 5.41) is 1.01. The summed E-state index contributed by atoms with van der Waals surface area (Å²) in [5.74, 6) is -0.0189. The third kappa shape index (κ3) is 5.93. The maximum absolute atomic E-state index is 13.4. The first-order chi connectivity index (χ1) is 17.8. The summed E-state index contributed by atoms with van der Waals surface area (Å²) in [4.78, 5) is 27.6. The fraction of sp³-hybridized carbons (Fsp3) is 0.148. The molecule has 4 rings (SSSR count). The molecular formula is C27H21Cl2NO5S2. The second kappa shape index (κ2) is 12.0. The average molecular weight is 575 g/mol. The molecule has 1 amide bonds. The molecule has 0 spiro atoms. The van der Waals surface area contributed by atoms with Gasteiger partial charge in [-0.3, -0.25) is 9.69 Å². The molecule has 190 valence electrons. The topological polar surface area (TPSA) is 65.1 Å². The maximum Gasteiger partial charge on any atom is 0.333 e. The van der Waals surface area contributed by atoms with Crippen molar-refractivity contribution in [1.82, 2.24) is 4.90 Å². The minimum atomic E-state index is -0.980. The van der Waals surface area contributed by atoms with E-state index in [-0.39, 0.29) is 16.8 Å². The summed E-state index contributed by atoms with van der Waals surface area (Å²) in [6, 6.07) is 18.4. The van der Waals surface area contributed by atoms with Crippen molar-refractivity contribution in [3.63, 3.8) is 0 Å². The lowest BCUT2D eigenvalue weighted by Gasteiger charge is -2.24. The van der Waals surface area contributed by atoms with Crippen LogP contribution < -0.4 is 9.47 Å². The number of methoxy groups -OCH3 is 2. The predicted octanol–water partition coefficient (Wildman–Crippen LogP) is 6.70. The van der Waals surface area contributed by atoms with E-state index in [1.54, 1.807) is 66.7 Å². The highest BCUT2D eigenvalue weighted by atomic mass is 35.5. The highest BCUT2D eigenvalue weighted by Gasteiger charge is 2.41. The van der Waals surface area contributed by atoms with Gasteiger partial charge in [0.15, 0.2) is 17.5 Å². The first kappa shape index (κ1) is 27.0. The lowest BCUT2D eigenvalue weighted by Crippen LogP contribution is -2.37. The van der Waals surface area contributed by atoms with E-state index >= 15 is 0 Å². The van der Waals surface area contributed by atoms with E-state index in [9.17, 15) is 9.59 Å². The molecule has 3 aromatic carbocycles. The number of hydrogen-bond donors (Lipinski definition) is 0. The quantitative estimate of drug-likeness (QED) is 0.169. The number of carbonyl (C=O) groups excluding carboxylic acids is 2. The molecule has 1 aliphatic heterocycles. The Balaban J connectivity index is 1.58. The Morgan fingerprint density at radius 2 is 1.73 bits per heavy atom. The molecule has 1 unspecified atom stereocenters. The molecule has 3 aromatic rings. The monoisotopic (exact) mass is 573 g/mol. The van der Waals surface area contributed by atoms with Gasteiger partial charge in [-0.25, -0.2) is 4.79 Å². The molecule has 37 heavy (non-hydrogen) atoms. The van der Waals surface area contributed by atoms with Crippen molar-refractivity contribution in [3.8, 4) is 11.5 Å². The summed E-state index contributed by atoms with van der Waals surface area (Å²) >= 11 is 19.1. The Kier molecular flexibility index (Phi) is 8.76. The van der Waals surface area contributed by atoms with Crippen molar-refractivity contribution < 1.29 is 23.8 Å². The smallest absolute Gasteiger partial charge is 0.333 e. The van der Waals surface area contributed by atoms with Crippen LogP contribution in [0.5, 0.6) is 11.5 Å². The van der Waals surface area contributed by atoms with Crippen LogP contribution in [0.15, 0.2) is 71.6 Å². The normalized spacial score (nSPS) is 15.1. The van der Waals surface area contributed by atoms with E-state index in [0.29, 0.717) is 43.1 Å². The number of carbonyl (C=O) groups is 2. The van der Waals surface area contributed by atoms with Crippen LogP contribution in [0.25, 0.3) is 6.08 Å². The molecule has 1 fully saturated rings. The van der Waals surface area contributed by atoms with Gasteiger partial charge in [-0.2, -0.15) is 0 Å². The van der Waals surface area contributed by atoms with Gasteiger partial charge >= 0.3 is 5.97 Å². The molecule has 0 aliphatic carbocycles. The molecule has 1 saturated heterocycles. The zero-order valence-corrected chi connectivity index (χ0v) is 22.9. The Morgan fingerprint density at radius 1 is 1.03 bits per heavy atom. The lowest BCUT2D eigenvalue weighted by molar-refractivity contribution is -0.148. The number of thiocarbonyl (C=S) groups is 1. The first-order valence-corrected chi connectivity index (χ1v) is 13.0. The van der Waals surface area contributed by atoms with Crippen molar-refractivity contribution in [3.05, 3.63) is 98.4 Å². The van der Waals surface area contributed by atoms with Crippen molar-refractivity contribution in [1.29, 1.82) is 0 Å². The standard InChI is InChI=1S/C27H21Cl2NO5S2/c1-33-22-13-16(11-12-21(22)35-15-18-19(28)9-6-10-20(18)29)14-23-25(31)30(27(36)37-23)24(26(32)34-2)17-7-4-3-5-8-17/h3-14,24H,15H2,1-2H3/b23-14-. The third-order valence-electron chi connectivity index (χ3n) is 5.54. The van der Waals surface area contributed by atoms with E-state index in [4.69, 9.17) is 49.6 Å². The summed E-state index contributed by atoms with van der Waals surface area (Å²) < 4.78 is 16.6. The molecule has 0 aromatic heterocycles. The van der Waals surface area contributed by atoms with Gasteiger partial charge in [-0.1, -0.05) is 89.6 Å². The molecule has 0 N–H and O–H groups in total. The molecular weight excluding hydrogens is 553 g/mol. The number of hydrogen-bond acceptors (Lipinski definition) is 7. The van der Waals surface area contributed by atoms with Gasteiger partial charge in [-0.15, -0.1) is 0 Å². The van der Waals surface area contributed by atoms with Crippen LogP contribution in [-0.4, -0.2) is 35.3 Å². The Hall–Kier alpha value is -3.04. The summed E-state index contributed by atoms with van der Waals surface area (Å²) in [6.07, 6.45) is 1.69. The molecule has 6 nitrogen and oxygen atoms in total.